The van der Waals surface area contributed by atoms with Gasteiger partial charge in [0.05, 0.1) is 0 Å². The lowest BCUT2D eigenvalue weighted by atomic mass is 10.00. The van der Waals surface area contributed by atoms with E-state index in [1.54, 1.807) is 0 Å². The fourth-order valence-corrected chi connectivity index (χ4v) is 4.03. The topological polar surface area (TPSA) is 70.0 Å². The van der Waals surface area contributed by atoms with Crippen LogP contribution in [0.25, 0.3) is 0 Å². The highest BCUT2D eigenvalue weighted by molar-refractivity contribution is 7.91. The molecule has 0 fully saturated rings. The molecule has 0 aromatic carbocycles. The molecule has 6 heteroatoms. The van der Waals surface area contributed by atoms with E-state index in [1.165, 1.54) is 12.1 Å². The molecular weight excluding hydrogens is 280 g/mol. The number of nitrogens with zero attached hydrogens (tertiary/aromatic N) is 1. The second-order valence-electron chi connectivity index (χ2n) is 4.50. The number of hydrogen-bond acceptors (Lipinski definition) is 4. The number of unbranched alkanes of at least 4 members (excludes halogenated alkanes) is 1. The van der Waals surface area contributed by atoms with E-state index in [1.807, 2.05) is 6.07 Å². The van der Waals surface area contributed by atoms with Gasteiger partial charge in [-0.3, -0.25) is 0 Å². The second-order valence-corrected chi connectivity index (χ2v) is 7.58. The Morgan fingerprint density at radius 3 is 2.68 bits per heavy atom. The van der Waals surface area contributed by atoms with E-state index in [-0.39, 0.29) is 4.21 Å². The van der Waals surface area contributed by atoms with Crippen LogP contribution < -0.4 is 4.72 Å². The van der Waals surface area contributed by atoms with Gasteiger partial charge in [0, 0.05) is 6.54 Å². The van der Waals surface area contributed by atoms with Crippen LogP contribution in [0.4, 0.5) is 0 Å². The van der Waals surface area contributed by atoms with E-state index in [0.29, 0.717) is 17.3 Å². The van der Waals surface area contributed by atoms with Crippen LogP contribution in [0, 0.1) is 17.2 Å². The Bertz CT molecular complexity index is 529. The zero-order valence-corrected chi connectivity index (χ0v) is 13.0. The third kappa shape index (κ3) is 4.94. The first-order chi connectivity index (χ1) is 9.03. The molecule has 0 bridgehead atoms. The molecule has 0 aliphatic carbocycles. The molecule has 1 N–H and O–H groups in total. The number of sulfonamides is 1. The first-order valence-corrected chi connectivity index (χ1v) is 8.83. The van der Waals surface area contributed by atoms with Gasteiger partial charge in [0.2, 0.25) is 10.0 Å². The van der Waals surface area contributed by atoms with E-state index < -0.39 is 10.0 Å². The number of hydrogen-bond donors (Lipinski definition) is 1. The van der Waals surface area contributed by atoms with Crippen molar-refractivity contribution in [2.75, 3.05) is 6.54 Å². The molecule has 0 aliphatic heterocycles. The van der Waals surface area contributed by atoms with Gasteiger partial charge in [-0.1, -0.05) is 33.1 Å². The normalized spacial score (nSPS) is 13.1. The molecule has 0 saturated heterocycles. The lowest BCUT2D eigenvalue weighted by molar-refractivity contribution is 0.444. The van der Waals surface area contributed by atoms with Crippen LogP contribution in [0.3, 0.4) is 0 Å². The summed E-state index contributed by atoms with van der Waals surface area (Å²) in [5.41, 5.74) is 0. The Hall–Kier alpha value is -0.900. The highest BCUT2D eigenvalue weighted by Gasteiger charge is 2.18. The second kappa shape index (κ2) is 7.63. The van der Waals surface area contributed by atoms with Crippen molar-refractivity contribution in [1.29, 1.82) is 5.26 Å². The van der Waals surface area contributed by atoms with E-state index >= 15 is 0 Å². The Balaban J connectivity index is 2.62. The van der Waals surface area contributed by atoms with Gasteiger partial charge < -0.3 is 0 Å². The molecule has 1 aromatic heterocycles. The van der Waals surface area contributed by atoms with Crippen molar-refractivity contribution < 1.29 is 8.42 Å². The zero-order chi connectivity index (χ0) is 14.3. The average molecular weight is 300 g/mol. The fraction of sp³-hybridized carbons (Fsp3) is 0.615. The van der Waals surface area contributed by atoms with Gasteiger partial charge in [-0.2, -0.15) is 5.26 Å². The maximum absolute atomic E-state index is 12.0. The Morgan fingerprint density at radius 2 is 2.16 bits per heavy atom. The summed E-state index contributed by atoms with van der Waals surface area (Å²) in [5, 5.41) is 8.72. The van der Waals surface area contributed by atoms with Crippen molar-refractivity contribution in [3.8, 4) is 6.07 Å². The molecule has 4 nitrogen and oxygen atoms in total. The number of nitriles is 1. The van der Waals surface area contributed by atoms with Crippen LogP contribution >= 0.6 is 11.3 Å². The molecule has 0 amide bonds. The van der Waals surface area contributed by atoms with E-state index in [4.69, 9.17) is 5.26 Å². The van der Waals surface area contributed by atoms with Gasteiger partial charge in [0.25, 0.3) is 0 Å². The third-order valence-corrected chi connectivity index (χ3v) is 5.97. The van der Waals surface area contributed by atoms with Crippen LogP contribution in [0.2, 0.25) is 0 Å². The lowest BCUT2D eigenvalue weighted by Crippen LogP contribution is -2.28. The Labute approximate surface area is 119 Å². The Kier molecular flexibility index (Phi) is 6.49. The fourth-order valence-electron chi connectivity index (χ4n) is 1.77. The average Bonchev–Trinajstić information content (AvgIpc) is 2.88. The number of rotatable bonds is 8. The monoisotopic (exact) mass is 300 g/mol. The minimum Gasteiger partial charge on any atom is -0.210 e. The van der Waals surface area contributed by atoms with Gasteiger partial charge in [-0.15, -0.1) is 11.3 Å². The molecule has 0 aliphatic rings. The predicted molar refractivity (Wildman–Crippen MR) is 77.5 cm³/mol. The van der Waals surface area contributed by atoms with Crippen molar-refractivity contribution in [3.05, 3.63) is 17.0 Å². The van der Waals surface area contributed by atoms with Crippen LogP contribution in [-0.4, -0.2) is 15.0 Å². The van der Waals surface area contributed by atoms with Crippen LogP contribution in [0.5, 0.6) is 0 Å². The van der Waals surface area contributed by atoms with Gasteiger partial charge in [-0.25, -0.2) is 13.1 Å². The maximum atomic E-state index is 12.0. The molecule has 0 saturated carbocycles. The molecule has 1 unspecified atom stereocenters. The summed E-state index contributed by atoms with van der Waals surface area (Å²) < 4.78 is 27.0. The maximum Gasteiger partial charge on any atom is 0.250 e. The van der Waals surface area contributed by atoms with E-state index in [9.17, 15) is 8.42 Å². The van der Waals surface area contributed by atoms with Crippen molar-refractivity contribution in [2.45, 2.75) is 43.7 Å². The summed E-state index contributed by atoms with van der Waals surface area (Å²) in [6, 6.07) is 4.97. The summed E-state index contributed by atoms with van der Waals surface area (Å²) in [5.74, 6) is 0.380. The highest BCUT2D eigenvalue weighted by Crippen LogP contribution is 2.21. The van der Waals surface area contributed by atoms with Crippen LogP contribution in [0.1, 0.15) is 44.4 Å². The van der Waals surface area contributed by atoms with E-state index in [0.717, 1.165) is 37.0 Å². The van der Waals surface area contributed by atoms with Gasteiger partial charge >= 0.3 is 0 Å². The summed E-state index contributed by atoms with van der Waals surface area (Å²) in [4.78, 5) is 0.415. The Morgan fingerprint density at radius 1 is 1.42 bits per heavy atom. The quantitative estimate of drug-likeness (QED) is 0.802. The largest absolute Gasteiger partial charge is 0.250 e. The summed E-state index contributed by atoms with van der Waals surface area (Å²) in [7, 11) is -3.46. The third-order valence-electron chi connectivity index (χ3n) is 3.06. The van der Waals surface area contributed by atoms with Crippen molar-refractivity contribution in [2.24, 2.45) is 5.92 Å². The molecule has 1 rings (SSSR count). The van der Waals surface area contributed by atoms with Gasteiger partial charge in [-0.05, 0) is 24.5 Å². The minimum atomic E-state index is -3.46. The molecule has 0 spiro atoms. The van der Waals surface area contributed by atoms with Crippen molar-refractivity contribution in [3.63, 3.8) is 0 Å². The lowest BCUT2D eigenvalue weighted by Gasteiger charge is -2.14. The smallest absolute Gasteiger partial charge is 0.210 e. The predicted octanol–water partition coefficient (Wildman–Crippen LogP) is 3.11. The SMILES string of the molecule is CCCCC(CC)CNS(=O)(=O)c1ccc(C#N)s1. The number of thiophene rings is 1. The summed E-state index contributed by atoms with van der Waals surface area (Å²) >= 11 is 1.01. The van der Waals surface area contributed by atoms with E-state index in [2.05, 4.69) is 18.6 Å². The molecular formula is C13H20N2O2S2. The standard InChI is InChI=1S/C13H20N2O2S2/c1-3-5-6-11(4-2)10-15-19(16,17)13-8-7-12(9-14)18-13/h7-8,11,15H,3-6,10H2,1-2H3. The molecule has 19 heavy (non-hydrogen) atoms. The molecule has 1 atom stereocenters. The zero-order valence-electron chi connectivity index (χ0n) is 11.3. The van der Waals surface area contributed by atoms with Crippen molar-refractivity contribution >= 4 is 21.4 Å². The summed E-state index contributed by atoms with van der Waals surface area (Å²) in [6.45, 7) is 4.68. The number of nitrogens with one attached hydrogen (secondary N) is 1. The molecule has 1 heterocycles. The van der Waals surface area contributed by atoms with Gasteiger partial charge in [0.1, 0.15) is 15.2 Å². The van der Waals surface area contributed by atoms with Gasteiger partial charge in [0.15, 0.2) is 0 Å². The first kappa shape index (κ1) is 16.2. The molecule has 0 radical (unpaired) electrons. The first-order valence-electron chi connectivity index (χ1n) is 6.53. The molecule has 106 valence electrons. The molecule has 1 aromatic rings. The van der Waals surface area contributed by atoms with Crippen LogP contribution in [0.15, 0.2) is 16.3 Å². The summed E-state index contributed by atoms with van der Waals surface area (Å²) in [6.07, 6.45) is 4.26. The highest BCUT2D eigenvalue weighted by atomic mass is 32.2. The van der Waals surface area contributed by atoms with Crippen LogP contribution in [-0.2, 0) is 10.0 Å². The van der Waals surface area contributed by atoms with Crippen molar-refractivity contribution in [1.82, 2.24) is 4.72 Å². The minimum absolute atomic E-state index is 0.217.